The van der Waals surface area contributed by atoms with E-state index >= 15 is 0 Å². The van der Waals surface area contributed by atoms with Crippen molar-refractivity contribution < 1.29 is 0 Å². The quantitative estimate of drug-likeness (QED) is 0.622. The molecule has 0 radical (unpaired) electrons. The van der Waals surface area contributed by atoms with Gasteiger partial charge in [0.2, 0.25) is 0 Å². The third kappa shape index (κ3) is 0.887. The van der Waals surface area contributed by atoms with Crippen LogP contribution in [-0.4, -0.2) is 15.0 Å². The summed E-state index contributed by atoms with van der Waals surface area (Å²) < 4.78 is 0. The Morgan fingerprint density at radius 3 is 2.83 bits per heavy atom. The minimum atomic E-state index is 0.456. The van der Waals surface area contributed by atoms with Crippen LogP contribution in [-0.2, 0) is 0 Å². The lowest BCUT2D eigenvalue weighted by molar-refractivity contribution is 1.19. The number of aryl methyl sites for hydroxylation is 1. The van der Waals surface area contributed by atoms with Gasteiger partial charge < -0.3 is 5.73 Å². The molecular formula is C8H8N4. The fourth-order valence-electron chi connectivity index (χ4n) is 1.12. The topological polar surface area (TPSA) is 64.7 Å². The van der Waals surface area contributed by atoms with Gasteiger partial charge in [-0.2, -0.15) is 0 Å². The van der Waals surface area contributed by atoms with Crippen LogP contribution in [0.5, 0.6) is 0 Å². The van der Waals surface area contributed by atoms with Gasteiger partial charge in [-0.05, 0) is 12.5 Å². The average molecular weight is 160 g/mol. The van der Waals surface area contributed by atoms with Gasteiger partial charge in [0.05, 0.1) is 0 Å². The molecule has 0 spiro atoms. The first-order valence-electron chi connectivity index (χ1n) is 3.60. The second-order valence-electron chi connectivity index (χ2n) is 2.61. The van der Waals surface area contributed by atoms with E-state index in [4.69, 9.17) is 5.73 Å². The standard InChI is InChI=1S/C8H8N4/c1-5-2-11-8(9)7-6(5)3-10-4-12-7/h2-4H,1H3,(H2,9,11). The molecule has 4 nitrogen and oxygen atoms in total. The summed E-state index contributed by atoms with van der Waals surface area (Å²) in [5.41, 5.74) is 7.39. The molecule has 0 bridgehead atoms. The fourth-order valence-corrected chi connectivity index (χ4v) is 1.12. The molecule has 2 heterocycles. The van der Waals surface area contributed by atoms with E-state index in [0.717, 1.165) is 16.5 Å². The van der Waals surface area contributed by atoms with Crippen LogP contribution in [0.3, 0.4) is 0 Å². The molecule has 0 aliphatic rings. The third-order valence-electron chi connectivity index (χ3n) is 1.78. The number of nitrogens with two attached hydrogens (primary N) is 1. The molecule has 2 aromatic rings. The van der Waals surface area contributed by atoms with Crippen molar-refractivity contribution in [3.8, 4) is 0 Å². The van der Waals surface area contributed by atoms with Gasteiger partial charge in [0.15, 0.2) is 0 Å². The second-order valence-corrected chi connectivity index (χ2v) is 2.61. The van der Waals surface area contributed by atoms with Crippen molar-refractivity contribution >= 4 is 16.7 Å². The predicted octanol–water partition coefficient (Wildman–Crippen LogP) is 0.915. The van der Waals surface area contributed by atoms with Gasteiger partial charge in [0, 0.05) is 17.8 Å². The van der Waals surface area contributed by atoms with Crippen molar-refractivity contribution in [2.75, 3.05) is 5.73 Å². The summed E-state index contributed by atoms with van der Waals surface area (Å²) in [6.45, 7) is 1.96. The van der Waals surface area contributed by atoms with E-state index in [0.29, 0.717) is 5.82 Å². The van der Waals surface area contributed by atoms with Gasteiger partial charge in [-0.15, -0.1) is 0 Å². The van der Waals surface area contributed by atoms with Gasteiger partial charge in [0.25, 0.3) is 0 Å². The number of rotatable bonds is 0. The zero-order chi connectivity index (χ0) is 8.55. The van der Waals surface area contributed by atoms with Crippen LogP contribution in [0, 0.1) is 6.92 Å². The van der Waals surface area contributed by atoms with Gasteiger partial charge in [-0.25, -0.2) is 15.0 Å². The molecule has 0 saturated carbocycles. The Morgan fingerprint density at radius 2 is 2.08 bits per heavy atom. The van der Waals surface area contributed by atoms with Gasteiger partial charge >= 0.3 is 0 Å². The van der Waals surface area contributed by atoms with Crippen molar-refractivity contribution in [3.05, 3.63) is 24.3 Å². The van der Waals surface area contributed by atoms with Crippen LogP contribution in [0.4, 0.5) is 5.82 Å². The second kappa shape index (κ2) is 2.41. The summed E-state index contributed by atoms with van der Waals surface area (Å²) in [5, 5.41) is 0.963. The number of pyridine rings is 1. The molecule has 2 rings (SSSR count). The number of anilines is 1. The minimum absolute atomic E-state index is 0.456. The largest absolute Gasteiger partial charge is 0.382 e. The van der Waals surface area contributed by atoms with E-state index in [1.807, 2.05) is 6.92 Å². The van der Waals surface area contributed by atoms with Crippen molar-refractivity contribution in [1.29, 1.82) is 0 Å². The van der Waals surface area contributed by atoms with Crippen molar-refractivity contribution in [3.63, 3.8) is 0 Å². The summed E-state index contributed by atoms with van der Waals surface area (Å²) in [5.74, 6) is 0.456. The fraction of sp³-hybridized carbons (Fsp3) is 0.125. The Hall–Kier alpha value is -1.71. The molecule has 0 atom stereocenters. The maximum atomic E-state index is 5.62. The Labute approximate surface area is 69.5 Å². The molecular weight excluding hydrogens is 152 g/mol. The Bertz CT molecular complexity index is 384. The maximum Gasteiger partial charge on any atom is 0.150 e. The lowest BCUT2D eigenvalue weighted by atomic mass is 10.2. The van der Waals surface area contributed by atoms with E-state index in [9.17, 15) is 0 Å². The molecule has 0 fully saturated rings. The van der Waals surface area contributed by atoms with E-state index in [1.165, 1.54) is 6.33 Å². The van der Waals surface area contributed by atoms with Crippen molar-refractivity contribution in [2.24, 2.45) is 0 Å². The van der Waals surface area contributed by atoms with Gasteiger partial charge in [0.1, 0.15) is 17.7 Å². The first kappa shape index (κ1) is 6.97. The van der Waals surface area contributed by atoms with Gasteiger partial charge in [-0.3, -0.25) is 0 Å². The highest BCUT2D eigenvalue weighted by Gasteiger charge is 2.01. The van der Waals surface area contributed by atoms with E-state index in [1.54, 1.807) is 12.4 Å². The Balaban J connectivity index is 2.95. The Morgan fingerprint density at radius 1 is 1.25 bits per heavy atom. The molecule has 12 heavy (non-hydrogen) atoms. The molecule has 0 aromatic carbocycles. The lowest BCUT2D eigenvalue weighted by Gasteiger charge is -2.00. The summed E-state index contributed by atoms with van der Waals surface area (Å²) in [6.07, 6.45) is 4.94. The van der Waals surface area contributed by atoms with E-state index in [2.05, 4.69) is 15.0 Å². The minimum Gasteiger partial charge on any atom is -0.382 e. The van der Waals surface area contributed by atoms with Crippen LogP contribution in [0.2, 0.25) is 0 Å². The number of aromatic nitrogens is 3. The maximum absolute atomic E-state index is 5.62. The molecule has 0 aliphatic heterocycles. The number of hydrogen-bond donors (Lipinski definition) is 1. The Kier molecular flexibility index (Phi) is 1.40. The van der Waals surface area contributed by atoms with Gasteiger partial charge in [-0.1, -0.05) is 0 Å². The monoisotopic (exact) mass is 160 g/mol. The van der Waals surface area contributed by atoms with Crippen LogP contribution in [0.1, 0.15) is 5.56 Å². The summed E-state index contributed by atoms with van der Waals surface area (Å²) in [7, 11) is 0. The van der Waals surface area contributed by atoms with Crippen LogP contribution < -0.4 is 5.73 Å². The molecule has 2 aromatic heterocycles. The zero-order valence-electron chi connectivity index (χ0n) is 6.65. The smallest absolute Gasteiger partial charge is 0.150 e. The molecule has 2 N–H and O–H groups in total. The zero-order valence-corrected chi connectivity index (χ0v) is 6.65. The molecule has 0 saturated heterocycles. The molecule has 0 unspecified atom stereocenters. The predicted molar refractivity (Wildman–Crippen MR) is 46.5 cm³/mol. The highest BCUT2D eigenvalue weighted by molar-refractivity contribution is 5.88. The number of hydrogen-bond acceptors (Lipinski definition) is 4. The highest BCUT2D eigenvalue weighted by Crippen LogP contribution is 2.17. The molecule has 4 heteroatoms. The SMILES string of the molecule is Cc1cnc(N)c2ncncc12. The first-order chi connectivity index (χ1) is 5.79. The highest BCUT2D eigenvalue weighted by atomic mass is 14.9. The van der Waals surface area contributed by atoms with E-state index < -0.39 is 0 Å². The molecule has 0 amide bonds. The molecule has 0 aliphatic carbocycles. The third-order valence-corrected chi connectivity index (χ3v) is 1.78. The van der Waals surface area contributed by atoms with Crippen LogP contribution >= 0.6 is 0 Å². The first-order valence-corrected chi connectivity index (χ1v) is 3.60. The number of nitrogens with zero attached hydrogens (tertiary/aromatic N) is 3. The molecule has 60 valence electrons. The summed E-state index contributed by atoms with van der Waals surface area (Å²) >= 11 is 0. The van der Waals surface area contributed by atoms with Crippen LogP contribution in [0.25, 0.3) is 10.9 Å². The van der Waals surface area contributed by atoms with Crippen molar-refractivity contribution in [2.45, 2.75) is 6.92 Å². The van der Waals surface area contributed by atoms with Crippen molar-refractivity contribution in [1.82, 2.24) is 15.0 Å². The summed E-state index contributed by atoms with van der Waals surface area (Å²) in [4.78, 5) is 12.0. The normalized spacial score (nSPS) is 10.4. The number of nitrogen functional groups attached to an aromatic ring is 1. The van der Waals surface area contributed by atoms with Crippen LogP contribution in [0.15, 0.2) is 18.7 Å². The van der Waals surface area contributed by atoms with E-state index in [-0.39, 0.29) is 0 Å². The lowest BCUT2D eigenvalue weighted by Crippen LogP contribution is -1.95. The number of fused-ring (bicyclic) bond motifs is 1. The summed E-state index contributed by atoms with van der Waals surface area (Å²) in [6, 6.07) is 0. The average Bonchev–Trinajstić information content (AvgIpc) is 2.12.